The molecule has 0 saturated heterocycles. The van der Waals surface area contributed by atoms with Crippen LogP contribution in [0.1, 0.15) is 10.4 Å². The predicted molar refractivity (Wildman–Crippen MR) is 87.1 cm³/mol. The first-order valence-electron chi connectivity index (χ1n) is 6.37. The number of fused-ring (bicyclic) bond motifs is 1. The fraction of sp³-hybridized carbons (Fsp3) is 0.188. The molecular weight excluding hydrogens is 316 g/mol. The van der Waals surface area contributed by atoms with E-state index in [1.54, 1.807) is 0 Å². The van der Waals surface area contributed by atoms with Gasteiger partial charge in [-0.25, -0.2) is 0 Å². The van der Waals surface area contributed by atoms with E-state index in [9.17, 15) is 4.79 Å². The molecule has 0 N–H and O–H groups in total. The van der Waals surface area contributed by atoms with Crippen LogP contribution in [0.3, 0.4) is 0 Å². The summed E-state index contributed by atoms with van der Waals surface area (Å²) in [6, 6.07) is 14.0. The summed E-state index contributed by atoms with van der Waals surface area (Å²) in [5.41, 5.74) is 0.779. The predicted octanol–water partition coefficient (Wildman–Crippen LogP) is 3.28. The van der Waals surface area contributed by atoms with Crippen LogP contribution >= 0.6 is 17.0 Å². The number of rotatable bonds is 3. The van der Waals surface area contributed by atoms with Crippen molar-refractivity contribution in [1.29, 1.82) is 0 Å². The lowest BCUT2D eigenvalue weighted by molar-refractivity contribution is 0.0948. The van der Waals surface area contributed by atoms with E-state index in [0.29, 0.717) is 6.54 Å². The van der Waals surface area contributed by atoms with Crippen LogP contribution in [0.15, 0.2) is 54.9 Å². The highest BCUT2D eigenvalue weighted by atomic mass is 79.9. The molecule has 1 aliphatic heterocycles. The summed E-state index contributed by atoms with van der Waals surface area (Å²) < 4.78 is 0. The number of nitrogens with zero attached hydrogens (tertiary/aromatic N) is 2. The molecule has 0 bridgehead atoms. The molecule has 0 atom stereocenters. The Labute approximate surface area is 129 Å². The molecule has 0 spiro atoms. The monoisotopic (exact) mass is 332 g/mol. The lowest BCUT2D eigenvalue weighted by Gasteiger charge is -2.17. The third-order valence-corrected chi connectivity index (χ3v) is 3.35. The molecule has 3 rings (SSSR count). The van der Waals surface area contributed by atoms with Crippen LogP contribution in [-0.2, 0) is 0 Å². The molecule has 3 nitrogen and oxygen atoms in total. The van der Waals surface area contributed by atoms with Crippen LogP contribution in [0.2, 0.25) is 0 Å². The van der Waals surface area contributed by atoms with Crippen molar-refractivity contribution >= 4 is 33.5 Å². The van der Waals surface area contributed by atoms with Gasteiger partial charge in [-0.3, -0.25) is 4.79 Å². The lowest BCUT2D eigenvalue weighted by Crippen LogP contribution is -2.27. The number of carbonyl (C=O) groups excluding carboxylic acids is 1. The van der Waals surface area contributed by atoms with Crippen molar-refractivity contribution in [3.63, 3.8) is 0 Å². The Morgan fingerprint density at radius 1 is 1.10 bits per heavy atom. The molecule has 1 aliphatic rings. The van der Waals surface area contributed by atoms with E-state index in [-0.39, 0.29) is 22.8 Å². The van der Waals surface area contributed by atoms with Crippen molar-refractivity contribution in [2.75, 3.05) is 20.3 Å². The number of carbonyl (C=O) groups is 1. The van der Waals surface area contributed by atoms with Gasteiger partial charge >= 0.3 is 0 Å². The van der Waals surface area contributed by atoms with Crippen LogP contribution in [0.4, 0.5) is 0 Å². The molecule has 0 amide bonds. The maximum atomic E-state index is 12.3. The number of benzene rings is 2. The highest BCUT2D eigenvalue weighted by molar-refractivity contribution is 8.93. The van der Waals surface area contributed by atoms with Gasteiger partial charge in [-0.1, -0.05) is 36.4 Å². The maximum absolute atomic E-state index is 12.3. The van der Waals surface area contributed by atoms with Crippen molar-refractivity contribution < 1.29 is 4.79 Å². The van der Waals surface area contributed by atoms with Crippen LogP contribution in [0.25, 0.3) is 10.8 Å². The lowest BCUT2D eigenvalue weighted by atomic mass is 10.0. The van der Waals surface area contributed by atoms with Gasteiger partial charge in [-0.05, 0) is 16.8 Å². The molecule has 0 saturated carbocycles. The highest BCUT2D eigenvalue weighted by Crippen LogP contribution is 2.16. The molecule has 20 heavy (non-hydrogen) atoms. The second-order valence-electron chi connectivity index (χ2n) is 4.93. The topological polar surface area (TPSA) is 23.6 Å². The van der Waals surface area contributed by atoms with Crippen molar-refractivity contribution in [3.8, 4) is 0 Å². The van der Waals surface area contributed by atoms with E-state index in [1.807, 2.05) is 65.6 Å². The molecule has 0 radical (unpaired) electrons. The van der Waals surface area contributed by atoms with Gasteiger partial charge in [-0.2, -0.15) is 0 Å². The second kappa shape index (κ2) is 6.09. The summed E-state index contributed by atoms with van der Waals surface area (Å²) in [6.07, 6.45) is 3.94. The SMILES string of the molecule is Br.CN1C=CN(CC(=O)c2ccc3ccccc3c2)C1. The van der Waals surface area contributed by atoms with Crippen molar-refractivity contribution in [3.05, 3.63) is 60.4 Å². The molecule has 0 fully saturated rings. The zero-order valence-corrected chi connectivity index (χ0v) is 13.0. The van der Waals surface area contributed by atoms with E-state index >= 15 is 0 Å². The molecule has 104 valence electrons. The smallest absolute Gasteiger partial charge is 0.182 e. The normalized spacial score (nSPS) is 13.7. The van der Waals surface area contributed by atoms with E-state index in [1.165, 1.54) is 5.39 Å². The van der Waals surface area contributed by atoms with Crippen LogP contribution in [0.5, 0.6) is 0 Å². The molecule has 0 aromatic heterocycles. The Balaban J connectivity index is 0.00000147. The number of halogens is 1. The fourth-order valence-electron chi connectivity index (χ4n) is 2.33. The zero-order chi connectivity index (χ0) is 13.2. The van der Waals surface area contributed by atoms with Crippen LogP contribution in [0, 0.1) is 0 Å². The fourth-order valence-corrected chi connectivity index (χ4v) is 2.33. The number of hydrogen-bond donors (Lipinski definition) is 0. The van der Waals surface area contributed by atoms with Gasteiger partial charge in [-0.15, -0.1) is 17.0 Å². The Bertz CT molecular complexity index is 654. The van der Waals surface area contributed by atoms with E-state index in [4.69, 9.17) is 0 Å². The van der Waals surface area contributed by atoms with Crippen molar-refractivity contribution in [2.24, 2.45) is 0 Å². The minimum atomic E-state index is 0. The highest BCUT2D eigenvalue weighted by Gasteiger charge is 2.14. The number of Topliss-reactive ketones (excluding diaryl/α,β-unsaturated/α-hetero) is 1. The Morgan fingerprint density at radius 2 is 1.85 bits per heavy atom. The average molecular weight is 333 g/mol. The summed E-state index contributed by atoms with van der Waals surface area (Å²) in [6.45, 7) is 1.21. The Morgan fingerprint density at radius 3 is 2.55 bits per heavy atom. The number of hydrogen-bond acceptors (Lipinski definition) is 3. The first-order valence-corrected chi connectivity index (χ1v) is 6.37. The summed E-state index contributed by atoms with van der Waals surface area (Å²) in [5.74, 6) is 0.158. The first-order chi connectivity index (χ1) is 9.22. The Hall–Kier alpha value is -1.81. The van der Waals surface area contributed by atoms with Gasteiger partial charge in [0.2, 0.25) is 0 Å². The van der Waals surface area contributed by atoms with Gasteiger partial charge in [0.25, 0.3) is 0 Å². The molecule has 2 aromatic rings. The molecule has 0 unspecified atom stereocenters. The summed E-state index contributed by atoms with van der Waals surface area (Å²) in [5, 5.41) is 2.28. The minimum absolute atomic E-state index is 0. The van der Waals surface area contributed by atoms with Gasteiger partial charge in [0.1, 0.15) is 0 Å². The standard InChI is InChI=1S/C16H16N2O.BrH/c1-17-8-9-18(12-17)11-16(19)15-7-6-13-4-2-3-5-14(13)10-15;/h2-10H,11-12H2,1H3;1H. The van der Waals surface area contributed by atoms with Crippen LogP contribution < -0.4 is 0 Å². The first kappa shape index (κ1) is 14.6. The zero-order valence-electron chi connectivity index (χ0n) is 11.3. The minimum Gasteiger partial charge on any atom is -0.362 e. The van der Waals surface area contributed by atoms with Crippen LogP contribution in [-0.4, -0.2) is 35.8 Å². The Kier molecular flexibility index (Phi) is 4.45. The second-order valence-corrected chi connectivity index (χ2v) is 4.93. The maximum Gasteiger partial charge on any atom is 0.182 e. The largest absolute Gasteiger partial charge is 0.362 e. The molecular formula is C16H17BrN2O. The molecule has 4 heteroatoms. The molecule has 0 aliphatic carbocycles. The third kappa shape index (κ3) is 3.02. The summed E-state index contributed by atoms with van der Waals surface area (Å²) >= 11 is 0. The summed E-state index contributed by atoms with van der Waals surface area (Å²) in [4.78, 5) is 16.3. The molecule has 2 aromatic carbocycles. The van der Waals surface area contributed by atoms with Gasteiger partial charge in [0, 0.05) is 25.0 Å². The summed E-state index contributed by atoms with van der Waals surface area (Å²) in [7, 11) is 2.00. The average Bonchev–Trinajstić information content (AvgIpc) is 2.83. The number of ketones is 1. The third-order valence-electron chi connectivity index (χ3n) is 3.35. The quantitative estimate of drug-likeness (QED) is 0.806. The molecule has 1 heterocycles. The van der Waals surface area contributed by atoms with Crippen molar-refractivity contribution in [1.82, 2.24) is 9.80 Å². The van der Waals surface area contributed by atoms with E-state index in [2.05, 4.69) is 6.07 Å². The van der Waals surface area contributed by atoms with Gasteiger partial charge in [0.15, 0.2) is 5.78 Å². The van der Waals surface area contributed by atoms with E-state index in [0.717, 1.165) is 17.6 Å². The van der Waals surface area contributed by atoms with Gasteiger partial charge < -0.3 is 9.80 Å². The van der Waals surface area contributed by atoms with E-state index < -0.39 is 0 Å². The van der Waals surface area contributed by atoms with Crippen molar-refractivity contribution in [2.45, 2.75) is 0 Å². The van der Waals surface area contributed by atoms with Gasteiger partial charge in [0.05, 0.1) is 13.2 Å².